The van der Waals surface area contributed by atoms with Gasteiger partial charge in [0.25, 0.3) is 0 Å². The summed E-state index contributed by atoms with van der Waals surface area (Å²) in [6.07, 6.45) is 3.40. The summed E-state index contributed by atoms with van der Waals surface area (Å²) in [7, 11) is 3.48. The number of rotatable bonds is 7. The fourth-order valence-electron chi connectivity index (χ4n) is 2.61. The summed E-state index contributed by atoms with van der Waals surface area (Å²) in [6.45, 7) is 6.82. The maximum Gasteiger partial charge on any atom is 0.189 e. The Morgan fingerprint density at radius 1 is 1.33 bits per heavy atom. The molecule has 0 radical (unpaired) electrons. The average molecular weight is 328 g/mol. The molecule has 0 amide bonds. The van der Waals surface area contributed by atoms with E-state index in [2.05, 4.69) is 5.10 Å². The predicted molar refractivity (Wildman–Crippen MR) is 94.4 cm³/mol. The summed E-state index contributed by atoms with van der Waals surface area (Å²) in [5.41, 5.74) is 4.17. The highest BCUT2D eigenvalue weighted by molar-refractivity contribution is 6.08. The number of ether oxygens (including phenoxy) is 2. The molecule has 24 heavy (non-hydrogen) atoms. The van der Waals surface area contributed by atoms with Crippen LogP contribution in [0.4, 0.5) is 0 Å². The molecule has 0 aliphatic rings. The first-order chi connectivity index (χ1) is 11.5. The summed E-state index contributed by atoms with van der Waals surface area (Å²) in [5, 5.41) is 4.29. The number of nitrogens with zero attached hydrogens (tertiary/aromatic N) is 2. The maximum absolute atomic E-state index is 12.5. The van der Waals surface area contributed by atoms with Gasteiger partial charge in [0, 0.05) is 24.9 Å². The summed E-state index contributed by atoms with van der Waals surface area (Å²) in [6, 6.07) is 5.78. The third-order valence-electron chi connectivity index (χ3n) is 3.95. The number of benzene rings is 1. The molecule has 0 spiro atoms. The zero-order valence-corrected chi connectivity index (χ0v) is 14.9. The molecule has 0 aliphatic heterocycles. The Hall–Kier alpha value is -2.40. The lowest BCUT2D eigenvalue weighted by atomic mass is 10.1. The molecule has 1 aromatic heterocycles. The number of carbonyl (C=O) groups excluding carboxylic acids is 1. The van der Waals surface area contributed by atoms with Crippen molar-refractivity contribution in [2.24, 2.45) is 7.05 Å². The van der Waals surface area contributed by atoms with Crippen LogP contribution in [-0.4, -0.2) is 29.3 Å². The molecule has 1 aromatic carbocycles. The Morgan fingerprint density at radius 2 is 2.08 bits per heavy atom. The van der Waals surface area contributed by atoms with Crippen molar-refractivity contribution in [3.8, 4) is 5.75 Å². The van der Waals surface area contributed by atoms with Gasteiger partial charge in [0.1, 0.15) is 5.75 Å². The molecule has 0 saturated carbocycles. The van der Waals surface area contributed by atoms with E-state index in [1.807, 2.05) is 52.1 Å². The van der Waals surface area contributed by atoms with Gasteiger partial charge in [-0.2, -0.15) is 5.10 Å². The molecule has 0 unspecified atom stereocenters. The van der Waals surface area contributed by atoms with Crippen LogP contribution in [0.5, 0.6) is 5.75 Å². The molecule has 2 aromatic rings. The smallest absolute Gasteiger partial charge is 0.189 e. The van der Waals surface area contributed by atoms with E-state index >= 15 is 0 Å². The molecular formula is C19H24N2O3. The molecule has 1 heterocycles. The summed E-state index contributed by atoms with van der Waals surface area (Å²) < 4.78 is 12.5. The number of hydrogen-bond acceptors (Lipinski definition) is 4. The van der Waals surface area contributed by atoms with Gasteiger partial charge in [-0.1, -0.05) is 12.1 Å². The molecule has 0 bridgehead atoms. The highest BCUT2D eigenvalue weighted by Crippen LogP contribution is 2.22. The molecule has 5 heteroatoms. The van der Waals surface area contributed by atoms with E-state index < -0.39 is 0 Å². The Balaban J connectivity index is 2.23. The molecule has 0 aliphatic carbocycles. The van der Waals surface area contributed by atoms with Gasteiger partial charge in [-0.05, 0) is 44.5 Å². The minimum Gasteiger partial charge on any atom is -0.496 e. The first-order valence-corrected chi connectivity index (χ1v) is 7.95. The molecule has 0 fully saturated rings. The largest absolute Gasteiger partial charge is 0.496 e. The van der Waals surface area contributed by atoms with Gasteiger partial charge in [-0.25, -0.2) is 0 Å². The van der Waals surface area contributed by atoms with Crippen molar-refractivity contribution >= 4 is 11.9 Å². The second-order valence-corrected chi connectivity index (χ2v) is 5.58. The summed E-state index contributed by atoms with van der Waals surface area (Å²) in [5.74, 6) is 0.742. The van der Waals surface area contributed by atoms with Crippen molar-refractivity contribution in [3.63, 3.8) is 0 Å². The standard InChI is InChI=1S/C19H24N2O3/c1-6-24-12-16-11-15(8-10-18(16)23-5)7-9-17(22)19-13(2)20-21(4)14(19)3/h7-11H,6,12H2,1-5H3/b9-7+. The van der Waals surface area contributed by atoms with E-state index in [-0.39, 0.29) is 5.78 Å². The number of aromatic nitrogens is 2. The van der Waals surface area contributed by atoms with E-state index in [1.165, 1.54) is 0 Å². The van der Waals surface area contributed by atoms with Crippen LogP contribution in [-0.2, 0) is 18.4 Å². The van der Waals surface area contributed by atoms with Crippen molar-refractivity contribution < 1.29 is 14.3 Å². The van der Waals surface area contributed by atoms with Gasteiger partial charge < -0.3 is 9.47 Å². The third kappa shape index (κ3) is 3.92. The number of allylic oxidation sites excluding steroid dienone is 1. The van der Waals surface area contributed by atoms with Gasteiger partial charge in [-0.15, -0.1) is 0 Å². The number of methoxy groups -OCH3 is 1. The van der Waals surface area contributed by atoms with E-state index in [1.54, 1.807) is 17.9 Å². The van der Waals surface area contributed by atoms with E-state index in [0.29, 0.717) is 18.8 Å². The molecule has 2 rings (SSSR count). The van der Waals surface area contributed by atoms with Crippen LogP contribution in [0.25, 0.3) is 6.08 Å². The zero-order valence-electron chi connectivity index (χ0n) is 14.9. The van der Waals surface area contributed by atoms with Crippen LogP contribution < -0.4 is 4.74 Å². The number of carbonyl (C=O) groups is 1. The topological polar surface area (TPSA) is 53.3 Å². The van der Waals surface area contributed by atoms with Gasteiger partial charge in [0.05, 0.1) is 25.0 Å². The van der Waals surface area contributed by atoms with Crippen molar-refractivity contribution in [2.75, 3.05) is 13.7 Å². The summed E-state index contributed by atoms with van der Waals surface area (Å²) in [4.78, 5) is 12.5. The third-order valence-corrected chi connectivity index (χ3v) is 3.95. The normalized spacial score (nSPS) is 11.2. The molecule has 128 valence electrons. The molecule has 0 N–H and O–H groups in total. The minimum absolute atomic E-state index is 0.0414. The number of hydrogen-bond donors (Lipinski definition) is 0. The maximum atomic E-state index is 12.5. The van der Waals surface area contributed by atoms with E-state index in [0.717, 1.165) is 28.3 Å². The lowest BCUT2D eigenvalue weighted by molar-refractivity contribution is 0.104. The van der Waals surface area contributed by atoms with Gasteiger partial charge >= 0.3 is 0 Å². The second kappa shape index (κ2) is 7.93. The highest BCUT2D eigenvalue weighted by atomic mass is 16.5. The summed E-state index contributed by atoms with van der Waals surface area (Å²) >= 11 is 0. The number of ketones is 1. The SMILES string of the molecule is CCOCc1cc(/C=C/C(=O)c2c(C)nn(C)c2C)ccc1OC. The van der Waals surface area contributed by atoms with Gasteiger partial charge in [-0.3, -0.25) is 9.48 Å². The first-order valence-electron chi connectivity index (χ1n) is 7.95. The Kier molecular flexibility index (Phi) is 5.93. The zero-order chi connectivity index (χ0) is 17.7. The van der Waals surface area contributed by atoms with Crippen LogP contribution in [0, 0.1) is 13.8 Å². The molecule has 5 nitrogen and oxygen atoms in total. The van der Waals surface area contributed by atoms with Gasteiger partial charge in [0.15, 0.2) is 5.78 Å². The van der Waals surface area contributed by atoms with Crippen LogP contribution in [0.1, 0.15) is 39.8 Å². The fourth-order valence-corrected chi connectivity index (χ4v) is 2.61. The van der Waals surface area contributed by atoms with E-state index in [9.17, 15) is 4.79 Å². The Morgan fingerprint density at radius 3 is 2.67 bits per heavy atom. The van der Waals surface area contributed by atoms with Crippen molar-refractivity contribution in [1.29, 1.82) is 0 Å². The quantitative estimate of drug-likeness (QED) is 0.577. The number of aryl methyl sites for hydroxylation is 2. The van der Waals surface area contributed by atoms with E-state index in [4.69, 9.17) is 9.47 Å². The minimum atomic E-state index is -0.0414. The second-order valence-electron chi connectivity index (χ2n) is 5.58. The lowest BCUT2D eigenvalue weighted by Crippen LogP contribution is -2.00. The van der Waals surface area contributed by atoms with Crippen molar-refractivity contribution in [3.05, 3.63) is 52.4 Å². The van der Waals surface area contributed by atoms with Crippen molar-refractivity contribution in [2.45, 2.75) is 27.4 Å². The Labute approximate surface area is 142 Å². The van der Waals surface area contributed by atoms with Crippen LogP contribution in [0.15, 0.2) is 24.3 Å². The first kappa shape index (κ1) is 17.9. The monoisotopic (exact) mass is 328 g/mol. The molecule has 0 atom stereocenters. The molecular weight excluding hydrogens is 304 g/mol. The van der Waals surface area contributed by atoms with Crippen molar-refractivity contribution in [1.82, 2.24) is 9.78 Å². The highest BCUT2D eigenvalue weighted by Gasteiger charge is 2.14. The van der Waals surface area contributed by atoms with Crippen LogP contribution >= 0.6 is 0 Å². The predicted octanol–water partition coefficient (Wildman–Crippen LogP) is 3.48. The van der Waals surface area contributed by atoms with Crippen LogP contribution in [0.3, 0.4) is 0 Å². The fraction of sp³-hybridized carbons (Fsp3) is 0.368. The molecule has 0 saturated heterocycles. The van der Waals surface area contributed by atoms with Crippen LogP contribution in [0.2, 0.25) is 0 Å². The lowest BCUT2D eigenvalue weighted by Gasteiger charge is -2.09. The van der Waals surface area contributed by atoms with Gasteiger partial charge in [0.2, 0.25) is 0 Å². The average Bonchev–Trinajstić information content (AvgIpc) is 2.83. The Bertz CT molecular complexity index is 760.